The summed E-state index contributed by atoms with van der Waals surface area (Å²) >= 11 is 4.67. The van der Waals surface area contributed by atoms with E-state index >= 15 is 0 Å². The van der Waals surface area contributed by atoms with Gasteiger partial charge in [-0.15, -0.1) is 11.3 Å². The summed E-state index contributed by atoms with van der Waals surface area (Å²) < 4.78 is 0.805. The van der Waals surface area contributed by atoms with Crippen LogP contribution >= 0.6 is 27.3 Å². The number of nitrogens with one attached hydrogen (secondary N) is 1. The maximum atomic E-state index is 11.7. The molecule has 0 aliphatic heterocycles. The minimum atomic E-state index is -0.233. The summed E-state index contributed by atoms with van der Waals surface area (Å²) in [5.41, 5.74) is 8.96. The summed E-state index contributed by atoms with van der Waals surface area (Å²) in [6.07, 6.45) is 0. The Bertz CT molecular complexity index is 513. The molecule has 2 rings (SSSR count). The number of benzene rings is 1. The van der Waals surface area contributed by atoms with Crippen molar-refractivity contribution < 1.29 is 4.79 Å². The van der Waals surface area contributed by atoms with Crippen LogP contribution in [0.25, 0.3) is 0 Å². The first-order chi connectivity index (χ1) is 7.66. The molecule has 0 radical (unpaired) electrons. The second-order valence-electron chi connectivity index (χ2n) is 3.06. The molecule has 4 nitrogen and oxygen atoms in total. The van der Waals surface area contributed by atoms with Crippen LogP contribution in [0.15, 0.2) is 33.6 Å². The van der Waals surface area contributed by atoms with Crippen LogP contribution in [0, 0.1) is 0 Å². The van der Waals surface area contributed by atoms with E-state index in [0.29, 0.717) is 17.1 Å². The van der Waals surface area contributed by atoms with Gasteiger partial charge in [0.2, 0.25) is 0 Å². The third kappa shape index (κ3) is 2.40. The van der Waals surface area contributed by atoms with Crippen molar-refractivity contribution in [3.8, 4) is 0 Å². The molecule has 1 amide bonds. The maximum absolute atomic E-state index is 11.7. The zero-order chi connectivity index (χ0) is 11.5. The van der Waals surface area contributed by atoms with Gasteiger partial charge in [0, 0.05) is 21.2 Å². The normalized spacial score (nSPS) is 10.1. The van der Waals surface area contributed by atoms with E-state index in [1.165, 1.54) is 11.3 Å². The molecule has 82 valence electrons. The van der Waals surface area contributed by atoms with Crippen LogP contribution in [0.4, 0.5) is 11.4 Å². The molecular formula is C10H8BrN3OS. The average Bonchev–Trinajstić information content (AvgIpc) is 2.77. The van der Waals surface area contributed by atoms with E-state index in [-0.39, 0.29) is 5.91 Å². The molecule has 1 aromatic heterocycles. The number of hydrogen-bond acceptors (Lipinski definition) is 4. The number of nitrogens with two attached hydrogens (primary N) is 1. The van der Waals surface area contributed by atoms with Gasteiger partial charge in [-0.1, -0.05) is 0 Å². The fourth-order valence-electron chi connectivity index (χ4n) is 1.14. The molecule has 0 aliphatic rings. The summed E-state index contributed by atoms with van der Waals surface area (Å²) in [5.74, 6) is -0.233. The summed E-state index contributed by atoms with van der Waals surface area (Å²) in [6.45, 7) is 0. The van der Waals surface area contributed by atoms with Gasteiger partial charge in [0.25, 0.3) is 5.91 Å². The maximum Gasteiger partial charge on any atom is 0.275 e. The fraction of sp³-hybridized carbons (Fsp3) is 0. The number of thiazole rings is 1. The van der Waals surface area contributed by atoms with Crippen molar-refractivity contribution in [2.24, 2.45) is 0 Å². The molecule has 1 aromatic carbocycles. The lowest BCUT2D eigenvalue weighted by Crippen LogP contribution is -2.12. The number of carbonyl (C=O) groups excluding carboxylic acids is 1. The highest BCUT2D eigenvalue weighted by molar-refractivity contribution is 9.10. The molecule has 0 atom stereocenters. The predicted molar refractivity (Wildman–Crippen MR) is 68.6 cm³/mol. The summed E-state index contributed by atoms with van der Waals surface area (Å²) in [4.78, 5) is 15.6. The largest absolute Gasteiger partial charge is 0.398 e. The third-order valence-electron chi connectivity index (χ3n) is 1.92. The Morgan fingerprint density at radius 3 is 2.94 bits per heavy atom. The lowest BCUT2D eigenvalue weighted by molar-refractivity contribution is 0.102. The number of hydrogen-bond donors (Lipinski definition) is 2. The molecule has 16 heavy (non-hydrogen) atoms. The van der Waals surface area contributed by atoms with E-state index in [2.05, 4.69) is 26.2 Å². The zero-order valence-corrected chi connectivity index (χ0v) is 10.5. The number of halogens is 1. The fourth-order valence-corrected chi connectivity index (χ4v) is 1.92. The van der Waals surface area contributed by atoms with E-state index in [0.717, 1.165) is 4.47 Å². The predicted octanol–water partition coefficient (Wildman–Crippen LogP) is 2.74. The first-order valence-corrected chi connectivity index (χ1v) is 6.15. The van der Waals surface area contributed by atoms with Crippen LogP contribution in [0.5, 0.6) is 0 Å². The molecule has 0 fully saturated rings. The highest BCUT2D eigenvalue weighted by Crippen LogP contribution is 2.23. The van der Waals surface area contributed by atoms with Crippen LogP contribution in [-0.4, -0.2) is 10.9 Å². The zero-order valence-electron chi connectivity index (χ0n) is 8.11. The van der Waals surface area contributed by atoms with Gasteiger partial charge in [-0.05, 0) is 34.1 Å². The van der Waals surface area contributed by atoms with Crippen molar-refractivity contribution in [3.63, 3.8) is 0 Å². The number of nitrogen functional groups attached to an aromatic ring is 1. The molecule has 3 N–H and O–H groups in total. The minimum Gasteiger partial charge on any atom is -0.398 e. The van der Waals surface area contributed by atoms with Gasteiger partial charge in [-0.2, -0.15) is 0 Å². The van der Waals surface area contributed by atoms with Crippen LogP contribution in [0.2, 0.25) is 0 Å². The van der Waals surface area contributed by atoms with Gasteiger partial charge in [-0.25, -0.2) is 4.98 Å². The van der Waals surface area contributed by atoms with Crippen molar-refractivity contribution in [1.29, 1.82) is 0 Å². The quantitative estimate of drug-likeness (QED) is 0.838. The number of amides is 1. The van der Waals surface area contributed by atoms with E-state index < -0.39 is 0 Å². The van der Waals surface area contributed by atoms with Crippen LogP contribution in [-0.2, 0) is 0 Å². The van der Waals surface area contributed by atoms with Crippen molar-refractivity contribution in [2.75, 3.05) is 11.1 Å². The Labute approximate surface area is 105 Å². The van der Waals surface area contributed by atoms with Gasteiger partial charge < -0.3 is 11.1 Å². The molecular weight excluding hydrogens is 290 g/mol. The van der Waals surface area contributed by atoms with Gasteiger partial charge in [0.15, 0.2) is 0 Å². The smallest absolute Gasteiger partial charge is 0.275 e. The van der Waals surface area contributed by atoms with Crippen molar-refractivity contribution in [1.82, 2.24) is 4.98 Å². The van der Waals surface area contributed by atoms with E-state index in [9.17, 15) is 4.79 Å². The number of carbonyl (C=O) groups is 1. The second-order valence-corrected chi connectivity index (χ2v) is 4.64. The Balaban J connectivity index is 2.15. The van der Waals surface area contributed by atoms with Crippen molar-refractivity contribution >= 4 is 44.5 Å². The van der Waals surface area contributed by atoms with Gasteiger partial charge in [0.1, 0.15) is 5.69 Å². The molecule has 0 unspecified atom stereocenters. The van der Waals surface area contributed by atoms with Crippen LogP contribution < -0.4 is 11.1 Å². The second kappa shape index (κ2) is 4.63. The number of rotatable bonds is 2. The first-order valence-electron chi connectivity index (χ1n) is 4.41. The lowest BCUT2D eigenvalue weighted by Gasteiger charge is -2.05. The topological polar surface area (TPSA) is 68.0 Å². The average molecular weight is 298 g/mol. The Morgan fingerprint density at radius 1 is 1.50 bits per heavy atom. The molecule has 1 heterocycles. The summed E-state index contributed by atoms with van der Waals surface area (Å²) in [6, 6.07) is 5.24. The standard InChI is InChI=1S/C10H8BrN3OS/c11-7-2-1-6(3-8(7)12)14-10(15)9-4-16-5-13-9/h1-5H,12H2,(H,14,15). The highest BCUT2D eigenvalue weighted by atomic mass is 79.9. The molecule has 2 aromatic rings. The van der Waals surface area contributed by atoms with Gasteiger partial charge in [-0.3, -0.25) is 4.79 Å². The Hall–Kier alpha value is -1.40. The molecule has 0 aliphatic carbocycles. The monoisotopic (exact) mass is 297 g/mol. The lowest BCUT2D eigenvalue weighted by atomic mass is 10.3. The summed E-state index contributed by atoms with van der Waals surface area (Å²) in [5, 5.41) is 4.41. The van der Waals surface area contributed by atoms with E-state index in [4.69, 9.17) is 5.73 Å². The number of aromatic nitrogens is 1. The van der Waals surface area contributed by atoms with Gasteiger partial charge >= 0.3 is 0 Å². The van der Waals surface area contributed by atoms with E-state index in [1.54, 1.807) is 29.1 Å². The molecule has 6 heteroatoms. The van der Waals surface area contributed by atoms with Gasteiger partial charge in [0.05, 0.1) is 5.51 Å². The third-order valence-corrected chi connectivity index (χ3v) is 3.23. The number of nitrogens with zero attached hydrogens (tertiary/aromatic N) is 1. The minimum absolute atomic E-state index is 0.233. The van der Waals surface area contributed by atoms with Crippen LogP contribution in [0.3, 0.4) is 0 Å². The SMILES string of the molecule is Nc1cc(NC(=O)c2cscn2)ccc1Br. The van der Waals surface area contributed by atoms with Crippen molar-refractivity contribution in [2.45, 2.75) is 0 Å². The summed E-state index contributed by atoms with van der Waals surface area (Å²) in [7, 11) is 0. The molecule has 0 bridgehead atoms. The first kappa shape index (κ1) is 11.1. The molecule has 0 saturated carbocycles. The Morgan fingerprint density at radius 2 is 2.31 bits per heavy atom. The van der Waals surface area contributed by atoms with E-state index in [1.807, 2.05) is 0 Å². The van der Waals surface area contributed by atoms with Crippen LogP contribution in [0.1, 0.15) is 10.5 Å². The van der Waals surface area contributed by atoms with Crippen molar-refractivity contribution in [3.05, 3.63) is 39.3 Å². The molecule has 0 spiro atoms. The highest BCUT2D eigenvalue weighted by Gasteiger charge is 2.08. The molecule has 0 saturated heterocycles. The Kier molecular flexibility index (Phi) is 3.21. The number of anilines is 2.